The molecule has 0 amide bonds. The van der Waals surface area contributed by atoms with Gasteiger partial charge in [0.05, 0.1) is 4.90 Å². The van der Waals surface area contributed by atoms with Crippen molar-refractivity contribution in [1.82, 2.24) is 10.0 Å². The molecule has 1 heterocycles. The van der Waals surface area contributed by atoms with Crippen molar-refractivity contribution in [2.24, 2.45) is 5.92 Å². The second-order valence-corrected chi connectivity index (χ2v) is 6.85. The van der Waals surface area contributed by atoms with Crippen LogP contribution in [0.2, 0.25) is 5.02 Å². The largest absolute Gasteiger partial charge is 0.316 e. The summed E-state index contributed by atoms with van der Waals surface area (Å²) in [6.45, 7) is 2.26. The van der Waals surface area contributed by atoms with Crippen LogP contribution in [0.15, 0.2) is 23.1 Å². The Kier molecular flexibility index (Phi) is 6.68. The average Bonchev–Trinajstić information content (AvgIpc) is 2.80. The van der Waals surface area contributed by atoms with Gasteiger partial charge in [0.15, 0.2) is 0 Å². The van der Waals surface area contributed by atoms with E-state index in [0.717, 1.165) is 38.1 Å². The van der Waals surface area contributed by atoms with Gasteiger partial charge in [-0.05, 0) is 50.0 Å². The Morgan fingerprint density at radius 3 is 2.75 bits per heavy atom. The zero-order valence-electron chi connectivity index (χ0n) is 10.7. The van der Waals surface area contributed by atoms with Gasteiger partial charge in [-0.3, -0.25) is 0 Å². The SMILES string of the molecule is Cl.O=S(=O)(NCCC1CCNC1)c1cc(F)cc(Cl)c1. The van der Waals surface area contributed by atoms with E-state index < -0.39 is 15.8 Å². The van der Waals surface area contributed by atoms with Crippen molar-refractivity contribution in [2.75, 3.05) is 19.6 Å². The van der Waals surface area contributed by atoms with Crippen LogP contribution in [0.4, 0.5) is 4.39 Å². The minimum atomic E-state index is -3.69. The fraction of sp³-hybridized carbons (Fsp3) is 0.500. The highest BCUT2D eigenvalue weighted by Gasteiger charge is 2.18. The maximum absolute atomic E-state index is 13.1. The molecular formula is C12H17Cl2FN2O2S. The molecule has 2 rings (SSSR count). The minimum absolute atomic E-state index is 0. The van der Waals surface area contributed by atoms with Crippen LogP contribution in [0.25, 0.3) is 0 Å². The molecule has 2 N–H and O–H groups in total. The molecule has 1 saturated heterocycles. The van der Waals surface area contributed by atoms with Crippen molar-refractivity contribution in [3.05, 3.63) is 29.0 Å². The number of halogens is 3. The van der Waals surface area contributed by atoms with Gasteiger partial charge in [-0.2, -0.15) is 0 Å². The molecule has 4 nitrogen and oxygen atoms in total. The van der Waals surface area contributed by atoms with E-state index >= 15 is 0 Å². The molecule has 1 aliphatic heterocycles. The van der Waals surface area contributed by atoms with Crippen molar-refractivity contribution in [3.63, 3.8) is 0 Å². The van der Waals surface area contributed by atoms with Gasteiger partial charge in [0.2, 0.25) is 10.0 Å². The summed E-state index contributed by atoms with van der Waals surface area (Å²) in [6, 6.07) is 3.28. The lowest BCUT2D eigenvalue weighted by atomic mass is 10.1. The van der Waals surface area contributed by atoms with Gasteiger partial charge in [0.25, 0.3) is 0 Å². The molecule has 114 valence electrons. The molecule has 1 aliphatic rings. The first-order valence-electron chi connectivity index (χ1n) is 6.14. The van der Waals surface area contributed by atoms with E-state index in [4.69, 9.17) is 11.6 Å². The zero-order valence-corrected chi connectivity index (χ0v) is 13.1. The first-order valence-corrected chi connectivity index (χ1v) is 8.00. The molecular weight excluding hydrogens is 326 g/mol. The standard InChI is InChI=1S/C12H16ClFN2O2S.ClH/c13-10-5-11(14)7-12(6-10)19(17,18)16-4-2-9-1-3-15-8-9;/h5-7,9,15-16H,1-4,8H2;1H. The Bertz CT molecular complexity index is 528. The van der Waals surface area contributed by atoms with Crippen LogP contribution >= 0.6 is 24.0 Å². The van der Waals surface area contributed by atoms with Gasteiger partial charge in [0, 0.05) is 11.6 Å². The molecule has 0 radical (unpaired) electrons. The van der Waals surface area contributed by atoms with Crippen LogP contribution in [0.5, 0.6) is 0 Å². The van der Waals surface area contributed by atoms with Crippen LogP contribution in [0.3, 0.4) is 0 Å². The van der Waals surface area contributed by atoms with Crippen molar-refractivity contribution < 1.29 is 12.8 Å². The van der Waals surface area contributed by atoms with Gasteiger partial charge < -0.3 is 5.32 Å². The summed E-state index contributed by atoms with van der Waals surface area (Å²) in [5.41, 5.74) is 0. The second kappa shape index (κ2) is 7.56. The molecule has 1 aromatic rings. The summed E-state index contributed by atoms with van der Waals surface area (Å²) >= 11 is 5.65. The molecule has 0 bridgehead atoms. The number of rotatable bonds is 5. The fourth-order valence-electron chi connectivity index (χ4n) is 2.13. The second-order valence-electron chi connectivity index (χ2n) is 4.65. The maximum Gasteiger partial charge on any atom is 0.240 e. The fourth-order valence-corrected chi connectivity index (χ4v) is 3.51. The number of hydrogen-bond acceptors (Lipinski definition) is 3. The molecule has 0 spiro atoms. The van der Waals surface area contributed by atoms with E-state index in [9.17, 15) is 12.8 Å². The lowest BCUT2D eigenvalue weighted by Crippen LogP contribution is -2.26. The summed E-state index contributed by atoms with van der Waals surface area (Å²) < 4.78 is 39.5. The average molecular weight is 343 g/mol. The normalized spacial score (nSPS) is 18.8. The number of benzene rings is 1. The molecule has 1 fully saturated rings. The molecule has 1 unspecified atom stereocenters. The monoisotopic (exact) mass is 342 g/mol. The Labute approximate surface area is 129 Å². The van der Waals surface area contributed by atoms with Gasteiger partial charge in [-0.1, -0.05) is 11.6 Å². The third-order valence-corrected chi connectivity index (χ3v) is 4.81. The molecule has 1 aromatic carbocycles. The summed E-state index contributed by atoms with van der Waals surface area (Å²) in [7, 11) is -3.69. The van der Waals surface area contributed by atoms with Crippen molar-refractivity contribution in [1.29, 1.82) is 0 Å². The van der Waals surface area contributed by atoms with Gasteiger partial charge in [0.1, 0.15) is 5.82 Å². The number of hydrogen-bond donors (Lipinski definition) is 2. The van der Waals surface area contributed by atoms with E-state index in [2.05, 4.69) is 10.0 Å². The summed E-state index contributed by atoms with van der Waals surface area (Å²) in [5.74, 6) is -0.160. The highest BCUT2D eigenvalue weighted by Crippen LogP contribution is 2.18. The lowest BCUT2D eigenvalue weighted by molar-refractivity contribution is 0.519. The van der Waals surface area contributed by atoms with E-state index in [1.54, 1.807) is 0 Å². The quantitative estimate of drug-likeness (QED) is 0.862. The van der Waals surface area contributed by atoms with Crippen LogP contribution in [0, 0.1) is 11.7 Å². The summed E-state index contributed by atoms with van der Waals surface area (Å²) in [4.78, 5) is -0.137. The Hall–Kier alpha value is -0.400. The molecule has 1 atom stereocenters. The van der Waals surface area contributed by atoms with Crippen LogP contribution in [0.1, 0.15) is 12.8 Å². The van der Waals surface area contributed by atoms with Crippen LogP contribution < -0.4 is 10.0 Å². The molecule has 8 heteroatoms. The molecule has 0 aromatic heterocycles. The van der Waals surface area contributed by atoms with Gasteiger partial charge in [-0.25, -0.2) is 17.5 Å². The lowest BCUT2D eigenvalue weighted by Gasteiger charge is -2.10. The van der Waals surface area contributed by atoms with Crippen LogP contribution in [-0.2, 0) is 10.0 Å². The third kappa shape index (κ3) is 4.86. The zero-order chi connectivity index (χ0) is 13.9. The Morgan fingerprint density at radius 1 is 1.40 bits per heavy atom. The summed E-state index contributed by atoms with van der Waals surface area (Å²) in [5, 5.41) is 3.29. The Morgan fingerprint density at radius 2 is 2.15 bits per heavy atom. The highest BCUT2D eigenvalue weighted by molar-refractivity contribution is 7.89. The predicted molar refractivity (Wildman–Crippen MR) is 79.4 cm³/mol. The van der Waals surface area contributed by atoms with E-state index in [1.165, 1.54) is 6.07 Å². The smallest absolute Gasteiger partial charge is 0.240 e. The van der Waals surface area contributed by atoms with Crippen molar-refractivity contribution in [3.8, 4) is 0 Å². The third-order valence-electron chi connectivity index (χ3n) is 3.15. The van der Waals surface area contributed by atoms with E-state index in [-0.39, 0.29) is 22.3 Å². The maximum atomic E-state index is 13.1. The van der Waals surface area contributed by atoms with Crippen molar-refractivity contribution in [2.45, 2.75) is 17.7 Å². The first kappa shape index (κ1) is 17.7. The molecule has 0 aliphatic carbocycles. The predicted octanol–water partition coefficient (Wildman–Crippen LogP) is 2.18. The molecule has 0 saturated carbocycles. The van der Waals surface area contributed by atoms with Gasteiger partial charge in [-0.15, -0.1) is 12.4 Å². The van der Waals surface area contributed by atoms with Crippen molar-refractivity contribution >= 4 is 34.0 Å². The van der Waals surface area contributed by atoms with Gasteiger partial charge >= 0.3 is 0 Å². The number of nitrogens with one attached hydrogen (secondary N) is 2. The van der Waals surface area contributed by atoms with Crippen LogP contribution in [-0.4, -0.2) is 28.1 Å². The topological polar surface area (TPSA) is 58.2 Å². The summed E-state index contributed by atoms with van der Waals surface area (Å²) in [6.07, 6.45) is 1.84. The number of sulfonamides is 1. The minimum Gasteiger partial charge on any atom is -0.316 e. The molecule has 20 heavy (non-hydrogen) atoms. The Balaban J connectivity index is 0.00000200. The first-order chi connectivity index (χ1) is 8.97. The van der Waals surface area contributed by atoms with E-state index in [0.29, 0.717) is 12.5 Å². The van der Waals surface area contributed by atoms with E-state index in [1.807, 2.05) is 0 Å². The highest BCUT2D eigenvalue weighted by atomic mass is 35.5.